The number of hydrogen-bond acceptors (Lipinski definition) is 5. The minimum Gasteiger partial charge on any atom is -0.507 e. The number of hydrogen-bond donors (Lipinski definition) is 3. The van der Waals surface area contributed by atoms with Crippen molar-refractivity contribution in [3.05, 3.63) is 47.7 Å². The van der Waals surface area contributed by atoms with E-state index in [1.54, 1.807) is 24.4 Å². The standard InChI is InChI=1S/C15H12N4O2/c20-13-4-2-1-3-8(13)12-5-9-10-6-17-15(21)11(10)7-16-14(9)19-18-12/h1-5,7,10,20H,6H2,(H,16,19)(H,17,21). The molecular formula is C15H12N4O2. The van der Waals surface area contributed by atoms with Crippen LogP contribution in [0.3, 0.4) is 0 Å². The molecular weight excluding hydrogens is 268 g/mol. The van der Waals surface area contributed by atoms with Gasteiger partial charge >= 0.3 is 0 Å². The number of para-hydroxylation sites is 1. The Kier molecular flexibility index (Phi) is 2.44. The molecule has 104 valence electrons. The summed E-state index contributed by atoms with van der Waals surface area (Å²) in [6.45, 7) is 0.561. The van der Waals surface area contributed by atoms with E-state index in [9.17, 15) is 9.90 Å². The van der Waals surface area contributed by atoms with E-state index in [0.717, 1.165) is 5.56 Å². The van der Waals surface area contributed by atoms with Gasteiger partial charge in [-0.15, -0.1) is 10.2 Å². The van der Waals surface area contributed by atoms with Crippen LogP contribution in [-0.2, 0) is 4.79 Å². The van der Waals surface area contributed by atoms with Gasteiger partial charge in [-0.3, -0.25) is 4.79 Å². The van der Waals surface area contributed by atoms with E-state index in [-0.39, 0.29) is 17.6 Å². The highest BCUT2D eigenvalue weighted by atomic mass is 16.3. The van der Waals surface area contributed by atoms with Gasteiger partial charge in [0.15, 0.2) is 5.82 Å². The lowest BCUT2D eigenvalue weighted by Gasteiger charge is -2.19. The monoisotopic (exact) mass is 280 g/mol. The molecule has 0 radical (unpaired) electrons. The molecule has 4 rings (SSSR count). The van der Waals surface area contributed by atoms with E-state index in [4.69, 9.17) is 0 Å². The van der Waals surface area contributed by atoms with Crippen molar-refractivity contribution in [1.29, 1.82) is 0 Å². The van der Waals surface area contributed by atoms with Gasteiger partial charge in [0.2, 0.25) is 5.91 Å². The van der Waals surface area contributed by atoms with Crippen LogP contribution in [0.25, 0.3) is 11.3 Å². The van der Waals surface area contributed by atoms with Crippen LogP contribution >= 0.6 is 0 Å². The number of carbonyl (C=O) groups excluding carboxylic acids is 1. The molecule has 6 heteroatoms. The van der Waals surface area contributed by atoms with Crippen molar-refractivity contribution < 1.29 is 9.90 Å². The number of aromatic hydroxyl groups is 1. The number of phenolic OH excluding ortho intramolecular Hbond substituents is 1. The van der Waals surface area contributed by atoms with Gasteiger partial charge in [0, 0.05) is 35.4 Å². The zero-order valence-corrected chi connectivity index (χ0v) is 11.0. The summed E-state index contributed by atoms with van der Waals surface area (Å²) in [5, 5.41) is 24.1. The predicted octanol–water partition coefficient (Wildman–Crippen LogP) is 1.37. The molecule has 3 N–H and O–H groups in total. The molecule has 2 aromatic rings. The first-order valence-electron chi connectivity index (χ1n) is 6.65. The molecule has 21 heavy (non-hydrogen) atoms. The third-order valence-electron chi connectivity index (χ3n) is 3.85. The van der Waals surface area contributed by atoms with Gasteiger partial charge in [0.1, 0.15) is 5.75 Å². The molecule has 1 saturated heterocycles. The Hall–Kier alpha value is -2.89. The molecule has 2 aliphatic heterocycles. The van der Waals surface area contributed by atoms with Gasteiger partial charge in [-0.2, -0.15) is 0 Å². The molecule has 2 aliphatic rings. The van der Waals surface area contributed by atoms with Crippen molar-refractivity contribution in [1.82, 2.24) is 15.5 Å². The molecule has 1 atom stereocenters. The fraction of sp³-hybridized carbons (Fsp3) is 0.133. The number of phenols is 1. The lowest BCUT2D eigenvalue weighted by atomic mass is 9.91. The summed E-state index contributed by atoms with van der Waals surface area (Å²) in [5.74, 6) is 0.735. The highest BCUT2D eigenvalue weighted by Crippen LogP contribution is 2.38. The van der Waals surface area contributed by atoms with Crippen molar-refractivity contribution in [2.45, 2.75) is 5.92 Å². The Morgan fingerprint density at radius 3 is 2.95 bits per heavy atom. The molecule has 1 unspecified atom stereocenters. The number of nitrogens with one attached hydrogen (secondary N) is 2. The molecule has 1 fully saturated rings. The molecule has 0 spiro atoms. The van der Waals surface area contributed by atoms with Crippen molar-refractivity contribution in [3.63, 3.8) is 0 Å². The Bertz CT molecular complexity index is 785. The zero-order valence-electron chi connectivity index (χ0n) is 11.0. The quantitative estimate of drug-likeness (QED) is 0.734. The van der Waals surface area contributed by atoms with Crippen LogP contribution < -0.4 is 10.6 Å². The molecule has 1 aromatic carbocycles. The van der Waals surface area contributed by atoms with Crippen molar-refractivity contribution in [2.24, 2.45) is 0 Å². The average molecular weight is 280 g/mol. The second kappa shape index (κ2) is 4.31. The third-order valence-corrected chi connectivity index (χ3v) is 3.85. The molecule has 1 amide bonds. The average Bonchev–Trinajstić information content (AvgIpc) is 2.89. The Morgan fingerprint density at radius 2 is 2.10 bits per heavy atom. The first kappa shape index (κ1) is 11.9. The van der Waals surface area contributed by atoms with Gasteiger partial charge in [0.05, 0.1) is 5.69 Å². The van der Waals surface area contributed by atoms with Gasteiger partial charge in [-0.1, -0.05) is 12.1 Å². The summed E-state index contributed by atoms with van der Waals surface area (Å²) < 4.78 is 0. The van der Waals surface area contributed by atoms with Crippen molar-refractivity contribution >= 4 is 11.7 Å². The van der Waals surface area contributed by atoms with Crippen molar-refractivity contribution in [3.8, 4) is 17.0 Å². The normalized spacial score (nSPS) is 19.1. The van der Waals surface area contributed by atoms with E-state index in [1.165, 1.54) is 0 Å². The molecule has 3 heterocycles. The van der Waals surface area contributed by atoms with Crippen LogP contribution in [0.4, 0.5) is 5.82 Å². The van der Waals surface area contributed by atoms with Crippen LogP contribution in [-0.4, -0.2) is 27.8 Å². The molecule has 6 nitrogen and oxygen atoms in total. The number of amides is 1. The minimum atomic E-state index is -0.0564. The van der Waals surface area contributed by atoms with Crippen LogP contribution in [0.15, 0.2) is 42.1 Å². The lowest BCUT2D eigenvalue weighted by molar-refractivity contribution is -0.116. The lowest BCUT2D eigenvalue weighted by Crippen LogP contribution is -2.15. The molecule has 1 aromatic heterocycles. The van der Waals surface area contributed by atoms with Crippen molar-refractivity contribution in [2.75, 3.05) is 11.9 Å². The number of rotatable bonds is 1. The fourth-order valence-electron chi connectivity index (χ4n) is 2.76. The van der Waals surface area contributed by atoms with Gasteiger partial charge in [0.25, 0.3) is 0 Å². The maximum Gasteiger partial charge on any atom is 0.249 e. The number of carbonyl (C=O) groups is 1. The predicted molar refractivity (Wildman–Crippen MR) is 76.6 cm³/mol. The van der Waals surface area contributed by atoms with Gasteiger partial charge in [-0.05, 0) is 18.2 Å². The fourth-order valence-corrected chi connectivity index (χ4v) is 2.76. The number of aromatic nitrogens is 2. The molecule has 0 aliphatic carbocycles. The number of nitrogens with zero attached hydrogens (tertiary/aromatic N) is 2. The van der Waals surface area contributed by atoms with Crippen LogP contribution in [0.5, 0.6) is 5.75 Å². The van der Waals surface area contributed by atoms with Gasteiger partial charge < -0.3 is 15.7 Å². The summed E-state index contributed by atoms with van der Waals surface area (Å²) in [6.07, 6.45) is 1.68. The van der Waals surface area contributed by atoms with Crippen LogP contribution in [0.1, 0.15) is 11.5 Å². The third kappa shape index (κ3) is 1.76. The summed E-state index contributed by atoms with van der Waals surface area (Å²) >= 11 is 0. The SMILES string of the molecule is O=C1NCC2C1=CNc1nnc(-c3ccccc3O)cc12. The Balaban J connectivity index is 1.83. The van der Waals surface area contributed by atoms with E-state index < -0.39 is 0 Å². The van der Waals surface area contributed by atoms with E-state index in [0.29, 0.717) is 29.2 Å². The highest BCUT2D eigenvalue weighted by Gasteiger charge is 2.34. The maximum absolute atomic E-state index is 11.7. The second-order valence-corrected chi connectivity index (χ2v) is 5.06. The first-order valence-corrected chi connectivity index (χ1v) is 6.65. The Morgan fingerprint density at radius 1 is 1.24 bits per heavy atom. The smallest absolute Gasteiger partial charge is 0.249 e. The summed E-state index contributed by atoms with van der Waals surface area (Å²) in [5.41, 5.74) is 2.84. The van der Waals surface area contributed by atoms with Gasteiger partial charge in [-0.25, -0.2) is 0 Å². The zero-order chi connectivity index (χ0) is 14.4. The first-order chi connectivity index (χ1) is 10.2. The van der Waals surface area contributed by atoms with E-state index in [1.807, 2.05) is 12.1 Å². The van der Waals surface area contributed by atoms with E-state index >= 15 is 0 Å². The number of benzene rings is 1. The minimum absolute atomic E-state index is 0.0196. The summed E-state index contributed by atoms with van der Waals surface area (Å²) in [6, 6.07) is 8.87. The number of anilines is 1. The summed E-state index contributed by atoms with van der Waals surface area (Å²) in [4.78, 5) is 11.7. The second-order valence-electron chi connectivity index (χ2n) is 5.06. The van der Waals surface area contributed by atoms with Crippen LogP contribution in [0.2, 0.25) is 0 Å². The maximum atomic E-state index is 11.7. The van der Waals surface area contributed by atoms with E-state index in [2.05, 4.69) is 20.8 Å². The molecule has 0 saturated carbocycles. The number of fused-ring (bicyclic) bond motifs is 3. The topological polar surface area (TPSA) is 87.1 Å². The summed E-state index contributed by atoms with van der Waals surface area (Å²) in [7, 11) is 0. The largest absolute Gasteiger partial charge is 0.507 e. The molecule has 0 bridgehead atoms. The Labute approximate surface area is 120 Å². The van der Waals surface area contributed by atoms with Crippen LogP contribution in [0, 0.1) is 0 Å². The highest BCUT2D eigenvalue weighted by molar-refractivity contribution is 5.99.